The Hall–Kier alpha value is -1.08. The van der Waals surface area contributed by atoms with Crippen LogP contribution in [0.15, 0.2) is 24.3 Å². The summed E-state index contributed by atoms with van der Waals surface area (Å²) in [4.78, 5) is 2.34. The summed E-state index contributed by atoms with van der Waals surface area (Å²) in [5, 5.41) is 10.1. The van der Waals surface area contributed by atoms with Gasteiger partial charge in [0.15, 0.2) is 0 Å². The molecule has 0 aromatic heterocycles. The molecule has 1 aromatic rings. The van der Waals surface area contributed by atoms with Gasteiger partial charge >= 0.3 is 7.48 Å². The van der Waals surface area contributed by atoms with Gasteiger partial charge in [-0.3, -0.25) is 4.90 Å². The van der Waals surface area contributed by atoms with Gasteiger partial charge in [-0.2, -0.15) is 0 Å². The molecule has 1 aromatic carbocycles. The molecule has 5 nitrogen and oxygen atoms in total. The molecule has 0 saturated carbocycles. The SMILES string of the molecule is CC(C)(O)C(C)(C)O[B]c1cccc(OCCN2CCOCC2)c1. The third-order valence-electron chi connectivity index (χ3n) is 4.60. The summed E-state index contributed by atoms with van der Waals surface area (Å²) >= 11 is 0. The quantitative estimate of drug-likeness (QED) is 0.724. The second-order valence-electron chi connectivity index (χ2n) is 7.18. The molecular weight excluding hydrogens is 305 g/mol. The Balaban J connectivity index is 1.80. The van der Waals surface area contributed by atoms with Gasteiger partial charge in [0.1, 0.15) is 12.4 Å². The van der Waals surface area contributed by atoms with Crippen LogP contribution in [0.5, 0.6) is 5.75 Å². The number of morpholine rings is 1. The second-order valence-corrected chi connectivity index (χ2v) is 7.18. The zero-order valence-electron chi connectivity index (χ0n) is 15.2. The van der Waals surface area contributed by atoms with Crippen LogP contribution >= 0.6 is 0 Å². The van der Waals surface area contributed by atoms with Crippen molar-refractivity contribution in [2.75, 3.05) is 39.5 Å². The van der Waals surface area contributed by atoms with Crippen LogP contribution in [-0.4, -0.2) is 68.1 Å². The zero-order chi connectivity index (χ0) is 17.6. The molecule has 0 aliphatic carbocycles. The number of ether oxygens (including phenoxy) is 2. The lowest BCUT2D eigenvalue weighted by molar-refractivity contribution is -0.0893. The molecule has 0 unspecified atom stereocenters. The van der Waals surface area contributed by atoms with Crippen LogP contribution in [0, 0.1) is 0 Å². The van der Waals surface area contributed by atoms with Gasteiger partial charge in [0.2, 0.25) is 0 Å². The Morgan fingerprint density at radius 3 is 2.58 bits per heavy atom. The number of hydrogen-bond acceptors (Lipinski definition) is 5. The van der Waals surface area contributed by atoms with Crippen molar-refractivity contribution in [3.63, 3.8) is 0 Å². The molecule has 2 rings (SSSR count). The van der Waals surface area contributed by atoms with Crippen LogP contribution in [-0.2, 0) is 9.39 Å². The molecule has 133 valence electrons. The summed E-state index contributed by atoms with van der Waals surface area (Å²) in [5.74, 6) is 0.821. The van der Waals surface area contributed by atoms with Crippen molar-refractivity contribution < 1.29 is 19.2 Å². The average Bonchev–Trinajstić information content (AvgIpc) is 2.53. The van der Waals surface area contributed by atoms with E-state index < -0.39 is 11.2 Å². The third-order valence-corrected chi connectivity index (χ3v) is 4.60. The van der Waals surface area contributed by atoms with Crippen LogP contribution in [0.3, 0.4) is 0 Å². The molecule has 1 fully saturated rings. The number of aliphatic hydroxyl groups is 1. The van der Waals surface area contributed by atoms with E-state index in [2.05, 4.69) is 4.90 Å². The largest absolute Gasteiger partial charge is 0.492 e. The standard InChI is InChI=1S/C18H29BNO4/c1-17(2,21)18(3,4)24-19-15-6-5-7-16(14-15)23-13-10-20-8-11-22-12-9-20/h5-7,14,21H,8-13H2,1-4H3. The third kappa shape index (κ3) is 5.78. The molecule has 1 heterocycles. The highest BCUT2D eigenvalue weighted by Crippen LogP contribution is 2.24. The molecule has 0 amide bonds. The molecule has 1 aliphatic heterocycles. The minimum absolute atomic E-state index is 0.652. The van der Waals surface area contributed by atoms with Crippen LogP contribution in [0.1, 0.15) is 27.7 Å². The molecule has 24 heavy (non-hydrogen) atoms. The Kier molecular flexibility index (Phi) is 6.69. The van der Waals surface area contributed by atoms with Crippen LogP contribution in [0.25, 0.3) is 0 Å². The molecule has 6 heteroatoms. The van der Waals surface area contributed by atoms with E-state index in [4.69, 9.17) is 14.1 Å². The van der Waals surface area contributed by atoms with Crippen molar-refractivity contribution in [1.82, 2.24) is 4.90 Å². The summed E-state index contributed by atoms with van der Waals surface area (Å²) in [6.07, 6.45) is 0. The van der Waals surface area contributed by atoms with E-state index in [1.54, 1.807) is 21.3 Å². The molecule has 1 radical (unpaired) electrons. The predicted octanol–water partition coefficient (Wildman–Crippen LogP) is 1.21. The van der Waals surface area contributed by atoms with Gasteiger partial charge in [0, 0.05) is 19.6 Å². The van der Waals surface area contributed by atoms with Crippen molar-refractivity contribution in [3.8, 4) is 5.75 Å². The highest BCUT2D eigenvalue weighted by molar-refractivity contribution is 6.47. The van der Waals surface area contributed by atoms with E-state index in [0.29, 0.717) is 6.61 Å². The van der Waals surface area contributed by atoms with Crippen molar-refractivity contribution in [1.29, 1.82) is 0 Å². The summed E-state index contributed by atoms with van der Waals surface area (Å²) in [6.45, 7) is 12.3. The molecule has 0 atom stereocenters. The molecule has 1 aliphatic rings. The molecule has 1 N–H and O–H groups in total. The van der Waals surface area contributed by atoms with Gasteiger partial charge in [0.05, 0.1) is 24.4 Å². The fourth-order valence-electron chi connectivity index (χ4n) is 2.15. The zero-order valence-corrected chi connectivity index (χ0v) is 15.2. The van der Waals surface area contributed by atoms with Crippen LogP contribution < -0.4 is 10.2 Å². The first kappa shape index (κ1) is 19.3. The maximum atomic E-state index is 10.1. The average molecular weight is 334 g/mol. The Labute approximate surface area is 146 Å². The van der Waals surface area contributed by atoms with Crippen molar-refractivity contribution in [2.24, 2.45) is 0 Å². The minimum Gasteiger partial charge on any atom is -0.492 e. The van der Waals surface area contributed by atoms with Gasteiger partial charge in [-0.05, 0) is 45.3 Å². The van der Waals surface area contributed by atoms with Crippen molar-refractivity contribution in [2.45, 2.75) is 38.9 Å². The number of hydrogen-bond donors (Lipinski definition) is 1. The minimum atomic E-state index is -0.935. The first-order valence-electron chi connectivity index (χ1n) is 8.54. The first-order chi connectivity index (χ1) is 11.3. The smallest absolute Gasteiger partial charge is 0.331 e. The topological polar surface area (TPSA) is 51.2 Å². The Morgan fingerprint density at radius 2 is 1.92 bits per heavy atom. The summed E-state index contributed by atoms with van der Waals surface area (Å²) in [7, 11) is 1.67. The summed E-state index contributed by atoms with van der Waals surface area (Å²) in [5.41, 5.74) is -0.702. The first-order valence-corrected chi connectivity index (χ1v) is 8.54. The van der Waals surface area contributed by atoms with Gasteiger partial charge < -0.3 is 19.2 Å². The van der Waals surface area contributed by atoms with E-state index in [0.717, 1.165) is 44.1 Å². The van der Waals surface area contributed by atoms with E-state index in [-0.39, 0.29) is 0 Å². The molecule has 0 spiro atoms. The maximum absolute atomic E-state index is 10.1. The Bertz CT molecular complexity index is 510. The van der Waals surface area contributed by atoms with E-state index in [9.17, 15) is 5.11 Å². The highest BCUT2D eigenvalue weighted by Gasteiger charge is 2.35. The second kappa shape index (κ2) is 8.34. The van der Waals surface area contributed by atoms with E-state index in [1.807, 2.05) is 38.1 Å². The summed E-state index contributed by atoms with van der Waals surface area (Å²) < 4.78 is 17.0. The fourth-order valence-corrected chi connectivity index (χ4v) is 2.15. The van der Waals surface area contributed by atoms with Gasteiger partial charge in [-0.15, -0.1) is 0 Å². The maximum Gasteiger partial charge on any atom is 0.331 e. The normalized spacial score (nSPS) is 16.9. The van der Waals surface area contributed by atoms with Crippen molar-refractivity contribution >= 4 is 12.9 Å². The fraction of sp³-hybridized carbons (Fsp3) is 0.667. The van der Waals surface area contributed by atoms with Crippen LogP contribution in [0.4, 0.5) is 0 Å². The van der Waals surface area contributed by atoms with Crippen molar-refractivity contribution in [3.05, 3.63) is 24.3 Å². The van der Waals surface area contributed by atoms with Gasteiger partial charge in [-0.1, -0.05) is 12.1 Å². The monoisotopic (exact) mass is 334 g/mol. The van der Waals surface area contributed by atoms with E-state index in [1.165, 1.54) is 0 Å². The Morgan fingerprint density at radius 1 is 1.21 bits per heavy atom. The molecular formula is C18H29BNO4. The lowest BCUT2D eigenvalue weighted by Crippen LogP contribution is -2.49. The molecule has 0 bridgehead atoms. The summed E-state index contributed by atoms with van der Waals surface area (Å²) in [6, 6.07) is 7.78. The van der Waals surface area contributed by atoms with E-state index >= 15 is 0 Å². The lowest BCUT2D eigenvalue weighted by atomic mass is 9.82. The number of benzene rings is 1. The van der Waals surface area contributed by atoms with Gasteiger partial charge in [0.25, 0.3) is 0 Å². The van der Waals surface area contributed by atoms with Gasteiger partial charge in [-0.25, -0.2) is 0 Å². The predicted molar refractivity (Wildman–Crippen MR) is 96.0 cm³/mol. The number of rotatable bonds is 8. The molecule has 1 saturated heterocycles. The number of nitrogens with zero attached hydrogens (tertiary/aromatic N) is 1. The lowest BCUT2D eigenvalue weighted by Gasteiger charge is -2.37. The van der Waals surface area contributed by atoms with Crippen LogP contribution in [0.2, 0.25) is 0 Å². The highest BCUT2D eigenvalue weighted by atomic mass is 16.5.